The molecule has 1 saturated carbocycles. The molecule has 1 atom stereocenters. The van der Waals surface area contributed by atoms with E-state index in [-0.39, 0.29) is 36.0 Å². The van der Waals surface area contributed by atoms with Crippen molar-refractivity contribution in [2.75, 3.05) is 41.4 Å². The van der Waals surface area contributed by atoms with Gasteiger partial charge < -0.3 is 15.1 Å². The predicted octanol–water partition coefficient (Wildman–Crippen LogP) is 3.44. The molecule has 0 radical (unpaired) electrons. The number of anilines is 2. The summed E-state index contributed by atoms with van der Waals surface area (Å²) < 4.78 is 24.2. The van der Waals surface area contributed by atoms with Gasteiger partial charge in [-0.15, -0.1) is 0 Å². The number of hydrogen-bond acceptors (Lipinski definition) is 5. The minimum absolute atomic E-state index is 0.0393. The average Bonchev–Trinajstić information content (AvgIpc) is 3.13. The number of sulfone groups is 1. The van der Waals surface area contributed by atoms with Crippen LogP contribution in [0, 0.1) is 0 Å². The summed E-state index contributed by atoms with van der Waals surface area (Å²) in [7, 11) is -3.02. The third-order valence-corrected chi connectivity index (χ3v) is 8.64. The van der Waals surface area contributed by atoms with Crippen LogP contribution in [0.5, 0.6) is 0 Å². The highest BCUT2D eigenvalue weighted by Crippen LogP contribution is 2.30. The normalized spacial score (nSPS) is 24.5. The maximum absolute atomic E-state index is 13.4. The number of carbonyl (C=O) groups is 1. The number of carbonyl (C=O) groups excluding carboxylic acids is 1. The van der Waals surface area contributed by atoms with Gasteiger partial charge in [0.2, 0.25) is 5.91 Å². The van der Waals surface area contributed by atoms with Crippen LogP contribution in [-0.4, -0.2) is 62.4 Å². The molecule has 0 spiro atoms. The zero-order valence-electron chi connectivity index (χ0n) is 17.9. The first-order valence-electron chi connectivity index (χ1n) is 11.6. The first-order chi connectivity index (χ1) is 14.5. The molecule has 1 N–H and O–H groups in total. The lowest BCUT2D eigenvalue weighted by atomic mass is 9.93. The van der Waals surface area contributed by atoms with E-state index in [1.165, 1.54) is 25.7 Å². The summed E-state index contributed by atoms with van der Waals surface area (Å²) in [6.07, 6.45) is 9.72. The minimum atomic E-state index is -3.02. The van der Waals surface area contributed by atoms with Gasteiger partial charge in [0.05, 0.1) is 29.4 Å². The van der Waals surface area contributed by atoms with E-state index in [0.717, 1.165) is 50.1 Å². The monoisotopic (exact) mass is 433 g/mol. The first kappa shape index (κ1) is 21.5. The van der Waals surface area contributed by atoms with Crippen LogP contribution in [0.2, 0.25) is 0 Å². The van der Waals surface area contributed by atoms with E-state index in [2.05, 4.69) is 22.3 Å². The summed E-state index contributed by atoms with van der Waals surface area (Å²) in [5, 5.41) is 3.39. The summed E-state index contributed by atoms with van der Waals surface area (Å²) in [4.78, 5) is 17.7. The highest BCUT2D eigenvalue weighted by Gasteiger charge is 2.38. The van der Waals surface area contributed by atoms with E-state index in [9.17, 15) is 13.2 Å². The maximum Gasteiger partial charge on any atom is 0.242 e. The molecule has 1 aromatic rings. The Morgan fingerprint density at radius 2 is 1.67 bits per heavy atom. The number of nitrogens with one attached hydrogen (secondary N) is 1. The first-order valence-corrected chi connectivity index (χ1v) is 13.4. The smallest absolute Gasteiger partial charge is 0.242 e. The maximum atomic E-state index is 13.4. The molecule has 6 nitrogen and oxygen atoms in total. The largest absolute Gasteiger partial charge is 0.374 e. The zero-order chi connectivity index (χ0) is 21.0. The summed E-state index contributed by atoms with van der Waals surface area (Å²) in [5.74, 6) is 0.372. The van der Waals surface area contributed by atoms with Crippen molar-refractivity contribution in [3.63, 3.8) is 0 Å². The quantitative estimate of drug-likeness (QED) is 0.744. The second kappa shape index (κ2) is 9.58. The molecule has 30 heavy (non-hydrogen) atoms. The van der Waals surface area contributed by atoms with Gasteiger partial charge in [0.25, 0.3) is 0 Å². The Labute approximate surface area is 180 Å². The van der Waals surface area contributed by atoms with Gasteiger partial charge in [-0.2, -0.15) is 0 Å². The van der Waals surface area contributed by atoms with Crippen LogP contribution in [0.25, 0.3) is 0 Å². The standard InChI is InChI=1S/C23H35N3O3S/c27-23(17-24-21-11-5-6-12-22(21)25-14-7-2-8-15-25)26(19-9-3-1-4-10-19)20-13-16-30(28,29)18-20/h5-6,11-12,19-20,24H,1-4,7-10,13-18H2/t20-/m0/s1. The Kier molecular flexibility index (Phi) is 6.86. The van der Waals surface area contributed by atoms with E-state index >= 15 is 0 Å². The molecule has 4 rings (SSSR count). The summed E-state index contributed by atoms with van der Waals surface area (Å²) in [6.45, 7) is 2.33. The van der Waals surface area contributed by atoms with E-state index in [4.69, 9.17) is 0 Å². The van der Waals surface area contributed by atoms with Gasteiger partial charge in [-0.1, -0.05) is 31.4 Å². The molecule has 1 aliphatic carbocycles. The van der Waals surface area contributed by atoms with E-state index in [1.807, 2.05) is 17.0 Å². The fraction of sp³-hybridized carbons (Fsp3) is 0.696. The second-order valence-corrected chi connectivity index (χ2v) is 11.3. The molecule has 2 heterocycles. The fourth-order valence-electron chi connectivity index (χ4n) is 5.36. The van der Waals surface area contributed by atoms with Crippen molar-refractivity contribution < 1.29 is 13.2 Å². The second-order valence-electron chi connectivity index (χ2n) is 9.07. The predicted molar refractivity (Wildman–Crippen MR) is 122 cm³/mol. The minimum Gasteiger partial charge on any atom is -0.374 e. The Bertz CT molecular complexity index is 830. The van der Waals surface area contributed by atoms with Crippen molar-refractivity contribution in [2.24, 2.45) is 0 Å². The molecule has 3 fully saturated rings. The molecule has 2 aliphatic heterocycles. The van der Waals surface area contributed by atoms with Crippen LogP contribution in [0.1, 0.15) is 57.8 Å². The number of para-hydroxylation sites is 2. The highest BCUT2D eigenvalue weighted by atomic mass is 32.2. The van der Waals surface area contributed by atoms with Gasteiger partial charge in [-0.05, 0) is 50.7 Å². The topological polar surface area (TPSA) is 69.7 Å². The zero-order valence-corrected chi connectivity index (χ0v) is 18.7. The molecule has 0 unspecified atom stereocenters. The molecule has 0 bridgehead atoms. The SMILES string of the molecule is O=C(CNc1ccccc1N1CCCCC1)N(C1CCCCC1)[C@H]1CCS(=O)(=O)C1. The summed E-state index contributed by atoms with van der Waals surface area (Å²) in [6, 6.07) is 8.24. The Hall–Kier alpha value is -1.76. The molecule has 1 amide bonds. The number of nitrogens with zero attached hydrogens (tertiary/aromatic N) is 2. The van der Waals surface area contributed by atoms with Crippen molar-refractivity contribution in [1.29, 1.82) is 0 Å². The lowest BCUT2D eigenvalue weighted by molar-refractivity contribution is -0.134. The van der Waals surface area contributed by atoms with Gasteiger partial charge in [0, 0.05) is 25.2 Å². The number of piperidine rings is 1. The van der Waals surface area contributed by atoms with Gasteiger partial charge in [-0.3, -0.25) is 4.79 Å². The molecule has 7 heteroatoms. The van der Waals surface area contributed by atoms with E-state index in [1.54, 1.807) is 0 Å². The average molecular weight is 434 g/mol. The van der Waals surface area contributed by atoms with Crippen molar-refractivity contribution in [2.45, 2.75) is 69.9 Å². The van der Waals surface area contributed by atoms with Gasteiger partial charge in [0.15, 0.2) is 9.84 Å². The van der Waals surface area contributed by atoms with E-state index < -0.39 is 9.84 Å². The lowest BCUT2D eigenvalue weighted by Crippen LogP contribution is -2.50. The molecule has 3 aliphatic rings. The van der Waals surface area contributed by atoms with Gasteiger partial charge in [0.1, 0.15) is 0 Å². The molecule has 1 aromatic carbocycles. The summed E-state index contributed by atoms with van der Waals surface area (Å²) >= 11 is 0. The van der Waals surface area contributed by atoms with Crippen molar-refractivity contribution in [3.8, 4) is 0 Å². The third kappa shape index (κ3) is 5.10. The molecule has 2 saturated heterocycles. The van der Waals surface area contributed by atoms with Gasteiger partial charge >= 0.3 is 0 Å². The Morgan fingerprint density at radius 3 is 2.37 bits per heavy atom. The highest BCUT2D eigenvalue weighted by molar-refractivity contribution is 7.91. The fourth-order valence-corrected chi connectivity index (χ4v) is 7.07. The number of rotatable bonds is 6. The molecule has 0 aromatic heterocycles. The summed E-state index contributed by atoms with van der Waals surface area (Å²) in [5.41, 5.74) is 2.16. The Morgan fingerprint density at radius 1 is 0.967 bits per heavy atom. The number of amides is 1. The third-order valence-electron chi connectivity index (χ3n) is 6.89. The van der Waals surface area contributed by atoms with Gasteiger partial charge in [-0.25, -0.2) is 8.42 Å². The van der Waals surface area contributed by atoms with Crippen LogP contribution >= 0.6 is 0 Å². The molecular weight excluding hydrogens is 398 g/mol. The van der Waals surface area contributed by atoms with Crippen LogP contribution in [0.3, 0.4) is 0 Å². The number of benzene rings is 1. The van der Waals surface area contributed by atoms with E-state index in [0.29, 0.717) is 6.42 Å². The van der Waals surface area contributed by atoms with Crippen LogP contribution in [0.4, 0.5) is 11.4 Å². The van der Waals surface area contributed by atoms with Crippen molar-refractivity contribution in [1.82, 2.24) is 4.90 Å². The Balaban J connectivity index is 1.46. The van der Waals surface area contributed by atoms with Crippen LogP contribution in [0.15, 0.2) is 24.3 Å². The van der Waals surface area contributed by atoms with Crippen molar-refractivity contribution in [3.05, 3.63) is 24.3 Å². The lowest BCUT2D eigenvalue weighted by Gasteiger charge is -2.38. The van der Waals surface area contributed by atoms with Crippen molar-refractivity contribution >= 4 is 27.1 Å². The molecule has 166 valence electrons. The van der Waals surface area contributed by atoms with Crippen LogP contribution < -0.4 is 10.2 Å². The molecular formula is C23H35N3O3S. The van der Waals surface area contributed by atoms with Crippen LogP contribution in [-0.2, 0) is 14.6 Å². The number of hydrogen-bond donors (Lipinski definition) is 1.